The molecule has 0 spiro atoms. The van der Waals surface area contributed by atoms with Crippen LogP contribution in [0.1, 0.15) is 23.9 Å². The highest BCUT2D eigenvalue weighted by Crippen LogP contribution is 2.18. The zero-order valence-corrected chi connectivity index (χ0v) is 11.7. The Labute approximate surface area is 117 Å². The molecule has 0 amide bonds. The summed E-state index contributed by atoms with van der Waals surface area (Å²) in [6, 6.07) is 1.73. The average Bonchev–Trinajstić information content (AvgIpc) is 2.43. The number of carbonyl (C=O) groups is 1. The van der Waals surface area contributed by atoms with Crippen LogP contribution in [0.2, 0.25) is 0 Å². The minimum atomic E-state index is -0.820. The van der Waals surface area contributed by atoms with Crippen LogP contribution in [0.5, 0.6) is 0 Å². The molecule has 0 aliphatic carbocycles. The van der Waals surface area contributed by atoms with Gasteiger partial charge in [0.05, 0.1) is 5.92 Å². The second-order valence-corrected chi connectivity index (χ2v) is 4.71. The van der Waals surface area contributed by atoms with Gasteiger partial charge in [-0.2, -0.15) is 0 Å². The normalized spacial score (nSPS) is 12.2. The van der Waals surface area contributed by atoms with Crippen molar-refractivity contribution in [2.45, 2.75) is 27.2 Å². The molecule has 0 aliphatic heterocycles. The minimum absolute atomic E-state index is 0.420. The van der Waals surface area contributed by atoms with Crippen molar-refractivity contribution in [3.63, 3.8) is 0 Å². The lowest BCUT2D eigenvalue weighted by molar-refractivity contribution is -0.141. The molecule has 0 aliphatic rings. The molecule has 2 heterocycles. The third-order valence-corrected chi connectivity index (χ3v) is 3.12. The first-order valence-electron chi connectivity index (χ1n) is 6.33. The zero-order valence-electron chi connectivity index (χ0n) is 11.7. The van der Waals surface area contributed by atoms with Crippen LogP contribution in [-0.4, -0.2) is 31.0 Å². The van der Waals surface area contributed by atoms with Crippen LogP contribution < -0.4 is 0 Å². The Hall–Kier alpha value is -2.37. The molecule has 2 aromatic heterocycles. The fraction of sp³-hybridized carbons (Fsp3) is 0.357. The summed E-state index contributed by atoms with van der Waals surface area (Å²) in [5.74, 6) is -0.349. The maximum Gasteiger partial charge on any atom is 0.306 e. The van der Waals surface area contributed by atoms with Crippen molar-refractivity contribution < 1.29 is 9.90 Å². The van der Waals surface area contributed by atoms with E-state index in [1.165, 1.54) is 0 Å². The fourth-order valence-corrected chi connectivity index (χ4v) is 1.94. The molecular weight excluding hydrogens is 256 g/mol. The highest BCUT2D eigenvalue weighted by atomic mass is 16.4. The Balaban J connectivity index is 2.37. The van der Waals surface area contributed by atoms with E-state index in [1.807, 2.05) is 13.8 Å². The summed E-state index contributed by atoms with van der Waals surface area (Å²) in [5.41, 5.74) is 2.42. The van der Waals surface area contributed by atoms with Gasteiger partial charge in [-0.25, -0.2) is 19.9 Å². The Bertz CT molecular complexity index is 605. The zero-order chi connectivity index (χ0) is 14.7. The summed E-state index contributed by atoms with van der Waals surface area (Å²) in [6.45, 7) is 5.38. The summed E-state index contributed by atoms with van der Waals surface area (Å²) in [4.78, 5) is 28.0. The number of aryl methyl sites for hydroxylation is 2. The Morgan fingerprint density at radius 3 is 2.20 bits per heavy atom. The number of aromatic nitrogens is 4. The van der Waals surface area contributed by atoms with Crippen molar-refractivity contribution in [2.75, 3.05) is 0 Å². The molecule has 0 fully saturated rings. The quantitative estimate of drug-likeness (QED) is 0.913. The van der Waals surface area contributed by atoms with Gasteiger partial charge in [-0.05, 0) is 31.9 Å². The van der Waals surface area contributed by atoms with Gasteiger partial charge in [0.15, 0.2) is 11.6 Å². The standard InChI is InChI=1S/C14H16N4O2/c1-8(14(19)20)7-11-9(2)17-13(18-10(11)3)12-15-5-4-6-16-12/h4-6,8H,7H2,1-3H3,(H,19,20). The second kappa shape index (κ2) is 5.73. The summed E-state index contributed by atoms with van der Waals surface area (Å²) in [5, 5.41) is 9.00. The van der Waals surface area contributed by atoms with E-state index in [0.717, 1.165) is 17.0 Å². The first-order chi connectivity index (χ1) is 9.49. The third-order valence-electron chi connectivity index (χ3n) is 3.12. The van der Waals surface area contributed by atoms with E-state index in [1.54, 1.807) is 25.4 Å². The number of aliphatic carboxylic acids is 1. The highest BCUT2D eigenvalue weighted by Gasteiger charge is 2.17. The largest absolute Gasteiger partial charge is 0.481 e. The molecule has 0 saturated heterocycles. The van der Waals surface area contributed by atoms with Gasteiger partial charge in [-0.1, -0.05) is 6.92 Å². The van der Waals surface area contributed by atoms with Gasteiger partial charge in [-0.3, -0.25) is 4.79 Å². The molecule has 2 rings (SSSR count). The lowest BCUT2D eigenvalue weighted by atomic mass is 9.99. The van der Waals surface area contributed by atoms with Gasteiger partial charge < -0.3 is 5.11 Å². The summed E-state index contributed by atoms with van der Waals surface area (Å²) in [6.07, 6.45) is 3.69. The molecule has 6 heteroatoms. The maximum atomic E-state index is 11.0. The molecule has 0 saturated carbocycles. The van der Waals surface area contributed by atoms with Crippen LogP contribution in [0.25, 0.3) is 11.6 Å². The SMILES string of the molecule is Cc1nc(-c2ncccn2)nc(C)c1CC(C)C(=O)O. The number of rotatable bonds is 4. The van der Waals surface area contributed by atoms with Crippen molar-refractivity contribution >= 4 is 5.97 Å². The monoisotopic (exact) mass is 272 g/mol. The average molecular weight is 272 g/mol. The summed E-state index contributed by atoms with van der Waals surface area (Å²) in [7, 11) is 0. The van der Waals surface area contributed by atoms with Gasteiger partial charge >= 0.3 is 5.97 Å². The van der Waals surface area contributed by atoms with Crippen LogP contribution in [0, 0.1) is 19.8 Å². The van der Waals surface area contributed by atoms with Crippen molar-refractivity contribution in [3.05, 3.63) is 35.4 Å². The number of nitrogens with zero attached hydrogens (tertiary/aromatic N) is 4. The summed E-state index contributed by atoms with van der Waals surface area (Å²) < 4.78 is 0. The molecule has 104 valence electrons. The van der Waals surface area contributed by atoms with E-state index in [9.17, 15) is 4.79 Å². The molecule has 0 bridgehead atoms. The van der Waals surface area contributed by atoms with Gasteiger partial charge in [-0.15, -0.1) is 0 Å². The molecule has 1 N–H and O–H groups in total. The Kier molecular flexibility index (Phi) is 4.02. The smallest absolute Gasteiger partial charge is 0.306 e. The predicted molar refractivity (Wildman–Crippen MR) is 73.0 cm³/mol. The van der Waals surface area contributed by atoms with Crippen molar-refractivity contribution in [1.82, 2.24) is 19.9 Å². The van der Waals surface area contributed by atoms with Gasteiger partial charge in [0.1, 0.15) is 0 Å². The first kappa shape index (κ1) is 14.0. The lowest BCUT2D eigenvalue weighted by Crippen LogP contribution is -2.15. The summed E-state index contributed by atoms with van der Waals surface area (Å²) >= 11 is 0. The van der Waals surface area contributed by atoms with E-state index in [2.05, 4.69) is 19.9 Å². The van der Waals surface area contributed by atoms with Crippen LogP contribution >= 0.6 is 0 Å². The number of carboxylic acid groups (broad SMARTS) is 1. The van der Waals surface area contributed by atoms with Crippen molar-refractivity contribution in [2.24, 2.45) is 5.92 Å². The van der Waals surface area contributed by atoms with Gasteiger partial charge in [0, 0.05) is 23.8 Å². The van der Waals surface area contributed by atoms with Gasteiger partial charge in [0.2, 0.25) is 0 Å². The second-order valence-electron chi connectivity index (χ2n) is 4.71. The topological polar surface area (TPSA) is 88.9 Å². The lowest BCUT2D eigenvalue weighted by Gasteiger charge is -2.12. The van der Waals surface area contributed by atoms with Gasteiger partial charge in [0.25, 0.3) is 0 Å². The molecule has 20 heavy (non-hydrogen) atoms. The Morgan fingerprint density at radius 1 is 1.15 bits per heavy atom. The molecule has 0 aromatic carbocycles. The molecule has 2 aromatic rings. The molecular formula is C14H16N4O2. The molecule has 1 atom stereocenters. The van der Waals surface area contributed by atoms with E-state index >= 15 is 0 Å². The Morgan fingerprint density at radius 2 is 1.70 bits per heavy atom. The number of carboxylic acids is 1. The van der Waals surface area contributed by atoms with Crippen LogP contribution in [0.4, 0.5) is 0 Å². The van der Waals surface area contributed by atoms with Crippen molar-refractivity contribution in [3.8, 4) is 11.6 Å². The van der Waals surface area contributed by atoms with E-state index in [0.29, 0.717) is 18.1 Å². The minimum Gasteiger partial charge on any atom is -0.481 e. The molecule has 1 unspecified atom stereocenters. The van der Waals surface area contributed by atoms with Crippen LogP contribution in [0.3, 0.4) is 0 Å². The van der Waals surface area contributed by atoms with Crippen LogP contribution in [-0.2, 0) is 11.2 Å². The molecule has 0 radical (unpaired) electrons. The van der Waals surface area contributed by atoms with Crippen molar-refractivity contribution in [1.29, 1.82) is 0 Å². The van der Waals surface area contributed by atoms with E-state index in [4.69, 9.17) is 5.11 Å². The first-order valence-corrected chi connectivity index (χ1v) is 6.33. The molecule has 6 nitrogen and oxygen atoms in total. The number of hydrogen-bond donors (Lipinski definition) is 1. The van der Waals surface area contributed by atoms with E-state index < -0.39 is 11.9 Å². The van der Waals surface area contributed by atoms with Crippen LogP contribution in [0.15, 0.2) is 18.5 Å². The fourth-order valence-electron chi connectivity index (χ4n) is 1.94. The maximum absolute atomic E-state index is 11.0. The highest BCUT2D eigenvalue weighted by molar-refractivity contribution is 5.70. The van der Waals surface area contributed by atoms with E-state index in [-0.39, 0.29) is 0 Å². The predicted octanol–water partition coefficient (Wildman–Crippen LogP) is 1.81. The third kappa shape index (κ3) is 2.96. The number of hydrogen-bond acceptors (Lipinski definition) is 5.